The van der Waals surface area contributed by atoms with Crippen molar-refractivity contribution >= 4 is 34.6 Å². The molecule has 0 aliphatic carbocycles. The van der Waals surface area contributed by atoms with Crippen LogP contribution in [0, 0.1) is 13.8 Å². The van der Waals surface area contributed by atoms with Crippen molar-refractivity contribution in [2.24, 2.45) is 0 Å². The number of thiazole rings is 1. The Morgan fingerprint density at radius 2 is 2.00 bits per heavy atom. The first-order valence-electron chi connectivity index (χ1n) is 11.3. The first-order chi connectivity index (χ1) is 15.9. The predicted molar refractivity (Wildman–Crippen MR) is 132 cm³/mol. The van der Waals surface area contributed by atoms with Gasteiger partial charge in [0.05, 0.1) is 39.8 Å². The van der Waals surface area contributed by atoms with E-state index in [0.29, 0.717) is 25.7 Å². The number of rotatable bonds is 8. The smallest absolute Gasteiger partial charge is 0.232 e. The van der Waals surface area contributed by atoms with Crippen LogP contribution in [-0.4, -0.2) is 49.7 Å². The summed E-state index contributed by atoms with van der Waals surface area (Å²) in [4.78, 5) is 34.5. The van der Waals surface area contributed by atoms with Gasteiger partial charge in [-0.15, -0.1) is 11.3 Å². The summed E-state index contributed by atoms with van der Waals surface area (Å²) >= 11 is 3.00. The summed E-state index contributed by atoms with van der Waals surface area (Å²) in [6, 6.07) is 9.60. The number of hydrogen-bond donors (Lipinski definition) is 1. The summed E-state index contributed by atoms with van der Waals surface area (Å²) in [7, 11) is 0. The molecule has 0 radical (unpaired) electrons. The number of β-amino-alcohol motifs (C(OH)–C–C–N with tert-alkyl or cyclic N) is 1. The van der Waals surface area contributed by atoms with Crippen LogP contribution in [-0.2, 0) is 16.0 Å². The molecule has 4 rings (SSSR count). The van der Waals surface area contributed by atoms with Crippen molar-refractivity contribution in [3.63, 3.8) is 0 Å². The van der Waals surface area contributed by atoms with Crippen LogP contribution in [0.25, 0.3) is 10.4 Å². The largest absolute Gasteiger partial charge is 0.391 e. The minimum Gasteiger partial charge on any atom is -0.391 e. The number of aromatic nitrogens is 2. The molecule has 2 aromatic heterocycles. The number of likely N-dealkylation sites (tertiary alicyclic amines) is 1. The van der Waals surface area contributed by atoms with Crippen molar-refractivity contribution in [1.82, 2.24) is 14.3 Å². The van der Waals surface area contributed by atoms with Crippen LogP contribution in [0.15, 0.2) is 35.8 Å². The van der Waals surface area contributed by atoms with Gasteiger partial charge >= 0.3 is 0 Å². The zero-order chi connectivity index (χ0) is 23.5. The molecule has 1 N–H and O–H groups in total. The number of aliphatic hydroxyl groups is 1. The molecule has 3 aromatic rings. The highest BCUT2D eigenvalue weighted by molar-refractivity contribution is 7.13. The van der Waals surface area contributed by atoms with Crippen LogP contribution in [0.1, 0.15) is 53.9 Å². The van der Waals surface area contributed by atoms with Crippen LogP contribution in [0.2, 0.25) is 0 Å². The van der Waals surface area contributed by atoms with E-state index >= 15 is 0 Å². The fraction of sp³-hybridized carbons (Fsp3) is 0.440. The van der Waals surface area contributed by atoms with E-state index in [-0.39, 0.29) is 24.2 Å². The number of carbonyl (C=O) groups excluding carboxylic acids is 2. The molecule has 1 fully saturated rings. The van der Waals surface area contributed by atoms with E-state index in [1.165, 1.54) is 11.5 Å². The third kappa shape index (κ3) is 5.23. The number of aryl methyl sites for hydroxylation is 3. The Hall–Kier alpha value is -2.42. The number of carbonyl (C=O) groups is 2. The lowest BCUT2D eigenvalue weighted by atomic mass is 9.97. The van der Waals surface area contributed by atoms with E-state index in [1.807, 2.05) is 44.5 Å². The molecule has 174 valence electrons. The summed E-state index contributed by atoms with van der Waals surface area (Å²) in [6.45, 7) is 6.13. The molecule has 0 saturated carbocycles. The molecule has 8 heteroatoms. The van der Waals surface area contributed by atoms with Gasteiger partial charge in [-0.3, -0.25) is 9.59 Å². The lowest BCUT2D eigenvalue weighted by Gasteiger charge is -2.27. The Labute approximate surface area is 202 Å². The van der Waals surface area contributed by atoms with E-state index in [4.69, 9.17) is 0 Å². The van der Waals surface area contributed by atoms with Gasteiger partial charge < -0.3 is 10.0 Å². The Morgan fingerprint density at radius 1 is 1.24 bits per heavy atom. The average Bonchev–Trinajstić information content (AvgIpc) is 3.53. The van der Waals surface area contributed by atoms with Gasteiger partial charge in [-0.25, -0.2) is 4.98 Å². The lowest BCUT2D eigenvalue weighted by molar-refractivity contribution is -0.139. The van der Waals surface area contributed by atoms with Gasteiger partial charge in [0, 0.05) is 24.3 Å². The highest BCUT2D eigenvalue weighted by atomic mass is 32.1. The fourth-order valence-corrected chi connectivity index (χ4v) is 5.87. The highest BCUT2D eigenvalue weighted by Gasteiger charge is 2.41. The SMILES string of the molecule is CC[C@@H](C(=O)N1C[C@H](O)C[C@H]1C(=O)CCc1ccc(-c2scnc2C)cc1)c1cc(C)sn1. The predicted octanol–water partition coefficient (Wildman–Crippen LogP) is 4.54. The van der Waals surface area contributed by atoms with Crippen LogP contribution < -0.4 is 0 Å². The molecule has 1 aromatic carbocycles. The second-order valence-corrected chi connectivity index (χ2v) is 10.5. The molecule has 1 saturated heterocycles. The molecule has 3 atom stereocenters. The summed E-state index contributed by atoms with van der Waals surface area (Å²) in [6.07, 6.45) is 1.20. The Bertz CT molecular complexity index is 1120. The number of hydrogen-bond acceptors (Lipinski definition) is 7. The molecular weight excluding hydrogens is 454 g/mol. The molecule has 1 aliphatic heterocycles. The quantitative estimate of drug-likeness (QED) is 0.509. The second kappa shape index (κ2) is 10.2. The van der Waals surface area contributed by atoms with Crippen molar-refractivity contribution < 1.29 is 14.7 Å². The number of amides is 1. The number of Topliss-reactive ketones (excluding diaryl/α,β-unsaturated/α-hetero) is 1. The number of nitrogens with zero attached hydrogens (tertiary/aromatic N) is 3. The minimum atomic E-state index is -0.667. The average molecular weight is 484 g/mol. The maximum atomic E-state index is 13.3. The molecule has 0 unspecified atom stereocenters. The van der Waals surface area contributed by atoms with Crippen molar-refractivity contribution in [3.8, 4) is 10.4 Å². The second-order valence-electron chi connectivity index (χ2n) is 8.65. The third-order valence-electron chi connectivity index (χ3n) is 6.27. The molecule has 0 spiro atoms. The van der Waals surface area contributed by atoms with Crippen molar-refractivity contribution in [1.29, 1.82) is 0 Å². The molecule has 6 nitrogen and oxygen atoms in total. The van der Waals surface area contributed by atoms with Crippen LogP contribution in [0.4, 0.5) is 0 Å². The molecule has 33 heavy (non-hydrogen) atoms. The molecular formula is C25H29N3O3S2. The molecule has 3 heterocycles. The van der Waals surface area contributed by atoms with Gasteiger partial charge in [-0.1, -0.05) is 31.2 Å². The first kappa shape index (κ1) is 23.7. The van der Waals surface area contributed by atoms with Crippen LogP contribution >= 0.6 is 22.9 Å². The third-order valence-corrected chi connectivity index (χ3v) is 7.95. The summed E-state index contributed by atoms with van der Waals surface area (Å²) in [5.41, 5.74) is 5.83. The van der Waals surface area contributed by atoms with Gasteiger partial charge in [0.2, 0.25) is 5.91 Å². The Balaban J connectivity index is 1.41. The first-order valence-corrected chi connectivity index (χ1v) is 13.0. The fourth-order valence-electron chi connectivity index (χ4n) is 4.46. The zero-order valence-electron chi connectivity index (χ0n) is 19.2. The number of ketones is 1. The minimum absolute atomic E-state index is 0.00610. The van der Waals surface area contributed by atoms with Crippen LogP contribution in [0.3, 0.4) is 0 Å². The topological polar surface area (TPSA) is 83.4 Å². The standard InChI is InChI=1S/C25H29N3O3S2/c1-4-20(21-11-15(2)33-27-21)25(31)28-13-19(29)12-22(28)23(30)10-7-17-5-8-18(9-6-17)24-16(3)26-14-32-24/h5-6,8-9,11,14,19-20,22,29H,4,7,10,12-13H2,1-3H3/t19-,20-,22+/m1/s1. The molecule has 1 aliphatic rings. The van der Waals surface area contributed by atoms with E-state index in [2.05, 4.69) is 21.5 Å². The monoisotopic (exact) mass is 483 g/mol. The Morgan fingerprint density at radius 3 is 2.61 bits per heavy atom. The van der Waals surface area contributed by atoms with Crippen molar-refractivity contribution in [2.75, 3.05) is 6.54 Å². The summed E-state index contributed by atoms with van der Waals surface area (Å²) in [5, 5.41) is 10.3. The number of aliphatic hydroxyl groups excluding tert-OH is 1. The highest BCUT2D eigenvalue weighted by Crippen LogP contribution is 2.30. The maximum Gasteiger partial charge on any atom is 0.232 e. The van der Waals surface area contributed by atoms with Crippen molar-refractivity contribution in [2.45, 2.75) is 64.5 Å². The van der Waals surface area contributed by atoms with E-state index in [0.717, 1.165) is 32.3 Å². The molecule has 1 amide bonds. The number of benzene rings is 1. The summed E-state index contributed by atoms with van der Waals surface area (Å²) < 4.78 is 4.42. The van der Waals surface area contributed by atoms with Gasteiger partial charge in [0.15, 0.2) is 5.78 Å². The normalized spacial score (nSPS) is 19.1. The van der Waals surface area contributed by atoms with Gasteiger partial charge in [-0.2, -0.15) is 4.37 Å². The van der Waals surface area contributed by atoms with Gasteiger partial charge in [0.25, 0.3) is 0 Å². The van der Waals surface area contributed by atoms with E-state index < -0.39 is 12.1 Å². The maximum absolute atomic E-state index is 13.3. The molecule has 0 bridgehead atoms. The van der Waals surface area contributed by atoms with Crippen molar-refractivity contribution in [3.05, 3.63) is 57.7 Å². The lowest BCUT2D eigenvalue weighted by Crippen LogP contribution is -2.43. The van der Waals surface area contributed by atoms with E-state index in [9.17, 15) is 14.7 Å². The van der Waals surface area contributed by atoms with Crippen LogP contribution in [0.5, 0.6) is 0 Å². The van der Waals surface area contributed by atoms with E-state index in [1.54, 1.807) is 16.2 Å². The van der Waals surface area contributed by atoms with Gasteiger partial charge in [-0.05, 0) is 55.4 Å². The zero-order valence-corrected chi connectivity index (χ0v) is 20.8. The van der Waals surface area contributed by atoms with Gasteiger partial charge in [0.1, 0.15) is 0 Å². The summed E-state index contributed by atoms with van der Waals surface area (Å²) in [5.74, 6) is -0.480. The Kier molecular flexibility index (Phi) is 7.36.